The molecule has 12 heteroatoms. The molecule has 1 aliphatic heterocycles. The number of carbonyl (C=O) groups excluding carboxylic acids is 1. The van der Waals surface area contributed by atoms with Crippen molar-refractivity contribution in [2.75, 3.05) is 13.7 Å². The Labute approximate surface area is 203 Å². The van der Waals surface area contributed by atoms with Crippen molar-refractivity contribution in [2.45, 2.75) is 37.6 Å². The highest BCUT2D eigenvalue weighted by Gasteiger charge is 2.46. The Balaban J connectivity index is 1.82. The van der Waals surface area contributed by atoms with Gasteiger partial charge in [0.05, 0.1) is 7.11 Å². The summed E-state index contributed by atoms with van der Waals surface area (Å²) in [4.78, 5) is 24.7. The monoisotopic (exact) mass is 504 g/mol. The molecule has 0 saturated carbocycles. The minimum absolute atomic E-state index is 0.0411. The van der Waals surface area contributed by atoms with Gasteiger partial charge in [-0.15, -0.1) is 0 Å². The van der Waals surface area contributed by atoms with Crippen LogP contribution in [0.15, 0.2) is 45.6 Å². The molecule has 1 aromatic heterocycles. The molecule has 5 N–H and O–H groups in total. The van der Waals surface area contributed by atoms with E-state index in [0.717, 1.165) is 6.92 Å². The molecule has 2 heterocycles. The Kier molecular flexibility index (Phi) is 7.04. The van der Waals surface area contributed by atoms with Crippen LogP contribution < -0.4 is 14.9 Å². The van der Waals surface area contributed by atoms with Crippen LogP contribution in [0.3, 0.4) is 0 Å². The second-order valence-corrected chi connectivity index (χ2v) is 8.09. The van der Waals surface area contributed by atoms with Crippen LogP contribution in [-0.2, 0) is 14.3 Å². The first-order valence-electron chi connectivity index (χ1n) is 10.8. The highest BCUT2D eigenvalue weighted by Crippen LogP contribution is 2.37. The SMILES string of the molecule is COc1cc(O)c2c(=O)c(O[C@H]3O[C@@H](COC(C)=O)[C@@H](O)[C@H](O)[C@@H]3O)c(-c3ccc(O)cc3)oc2c1. The van der Waals surface area contributed by atoms with Crippen molar-refractivity contribution in [1.82, 2.24) is 0 Å². The zero-order valence-corrected chi connectivity index (χ0v) is 19.2. The van der Waals surface area contributed by atoms with Crippen molar-refractivity contribution in [3.63, 3.8) is 0 Å². The van der Waals surface area contributed by atoms with Gasteiger partial charge in [0.15, 0.2) is 5.76 Å². The van der Waals surface area contributed by atoms with Gasteiger partial charge in [0.25, 0.3) is 0 Å². The average molecular weight is 504 g/mol. The van der Waals surface area contributed by atoms with Gasteiger partial charge in [-0.3, -0.25) is 9.59 Å². The van der Waals surface area contributed by atoms with E-state index in [-0.39, 0.29) is 33.8 Å². The Bertz CT molecular complexity index is 1320. The first-order valence-corrected chi connectivity index (χ1v) is 10.8. The molecular weight excluding hydrogens is 480 g/mol. The van der Waals surface area contributed by atoms with Crippen molar-refractivity contribution in [3.8, 4) is 34.3 Å². The van der Waals surface area contributed by atoms with Crippen LogP contribution >= 0.6 is 0 Å². The summed E-state index contributed by atoms with van der Waals surface area (Å²) in [5.41, 5.74) is -0.598. The van der Waals surface area contributed by atoms with Crippen LogP contribution in [0.4, 0.5) is 0 Å². The zero-order valence-electron chi connectivity index (χ0n) is 19.2. The smallest absolute Gasteiger partial charge is 0.302 e. The van der Waals surface area contributed by atoms with E-state index in [4.69, 9.17) is 23.4 Å². The minimum atomic E-state index is -1.82. The van der Waals surface area contributed by atoms with Crippen LogP contribution in [0.5, 0.6) is 23.0 Å². The van der Waals surface area contributed by atoms with Crippen LogP contribution in [0.25, 0.3) is 22.3 Å². The third kappa shape index (κ3) is 4.79. The predicted octanol–water partition coefficient (Wildman–Crippen LogP) is 0.629. The van der Waals surface area contributed by atoms with E-state index in [1.54, 1.807) is 0 Å². The quantitative estimate of drug-likeness (QED) is 0.295. The van der Waals surface area contributed by atoms with Gasteiger partial charge >= 0.3 is 5.97 Å². The fraction of sp³-hybridized carbons (Fsp3) is 0.333. The molecule has 0 bridgehead atoms. The largest absolute Gasteiger partial charge is 0.508 e. The van der Waals surface area contributed by atoms with Crippen molar-refractivity contribution < 1.29 is 53.7 Å². The second-order valence-electron chi connectivity index (χ2n) is 8.09. The van der Waals surface area contributed by atoms with Crippen LogP contribution in [0.1, 0.15) is 6.92 Å². The number of fused-ring (bicyclic) bond motifs is 1. The van der Waals surface area contributed by atoms with Crippen molar-refractivity contribution >= 4 is 16.9 Å². The maximum atomic E-state index is 13.5. The maximum absolute atomic E-state index is 13.5. The lowest BCUT2D eigenvalue weighted by Gasteiger charge is -2.39. The molecule has 12 nitrogen and oxygen atoms in total. The maximum Gasteiger partial charge on any atom is 0.302 e. The molecular formula is C24H24O12. The number of aliphatic hydroxyl groups excluding tert-OH is 3. The van der Waals surface area contributed by atoms with Crippen LogP contribution in [-0.4, -0.2) is 75.9 Å². The van der Waals surface area contributed by atoms with Crippen LogP contribution in [0, 0.1) is 0 Å². The van der Waals surface area contributed by atoms with E-state index in [2.05, 4.69) is 0 Å². The van der Waals surface area contributed by atoms with Crippen molar-refractivity contribution in [3.05, 3.63) is 46.6 Å². The first kappa shape index (κ1) is 25.3. The van der Waals surface area contributed by atoms with Gasteiger partial charge in [-0.2, -0.15) is 0 Å². The van der Waals surface area contributed by atoms with Gasteiger partial charge in [0.2, 0.25) is 17.5 Å². The molecule has 0 amide bonds. The van der Waals surface area contributed by atoms with Crippen LogP contribution in [0.2, 0.25) is 0 Å². The van der Waals surface area contributed by atoms with E-state index in [0.29, 0.717) is 0 Å². The van der Waals surface area contributed by atoms with Gasteiger partial charge in [-0.05, 0) is 24.3 Å². The van der Waals surface area contributed by atoms with E-state index in [9.17, 15) is 35.1 Å². The second kappa shape index (κ2) is 10.0. The number of benzene rings is 2. The molecule has 1 saturated heterocycles. The number of phenolic OH excluding ortho intramolecular Hbond substituents is 2. The van der Waals surface area contributed by atoms with Crippen molar-refractivity contribution in [1.29, 1.82) is 0 Å². The predicted molar refractivity (Wildman–Crippen MR) is 122 cm³/mol. The fourth-order valence-corrected chi connectivity index (χ4v) is 3.75. The summed E-state index contributed by atoms with van der Waals surface area (Å²) < 4.78 is 27.1. The standard InChI is InChI=1S/C24H24O12/c1-10(25)33-9-16-18(28)20(30)21(31)24(35-16)36-23-19(29)17-14(27)7-13(32-2)8-15(17)34-22(23)11-3-5-12(26)6-4-11/h3-8,16,18,20-21,24,26-28,30-31H,9H2,1-2H3/t16-,18+,20-,21-,24+/m0/s1. The number of hydrogen-bond donors (Lipinski definition) is 5. The molecule has 1 fully saturated rings. The number of methoxy groups -OCH3 is 1. The van der Waals surface area contributed by atoms with E-state index >= 15 is 0 Å². The number of phenols is 2. The molecule has 192 valence electrons. The normalized spacial score (nSPS) is 23.9. The number of hydrogen-bond acceptors (Lipinski definition) is 12. The molecule has 36 heavy (non-hydrogen) atoms. The highest BCUT2D eigenvalue weighted by molar-refractivity contribution is 5.88. The topological polar surface area (TPSA) is 185 Å². The van der Waals surface area contributed by atoms with Gasteiger partial charge in [-0.25, -0.2) is 0 Å². The Hall–Kier alpha value is -3.84. The van der Waals surface area contributed by atoms with Gasteiger partial charge < -0.3 is 48.9 Å². The summed E-state index contributed by atoms with van der Waals surface area (Å²) in [6.07, 6.45) is -8.21. The van der Waals surface area contributed by atoms with E-state index in [1.165, 1.54) is 43.5 Å². The average Bonchev–Trinajstić information content (AvgIpc) is 2.84. The third-order valence-electron chi connectivity index (χ3n) is 5.62. The first-order chi connectivity index (χ1) is 17.1. The molecule has 0 unspecified atom stereocenters. The highest BCUT2D eigenvalue weighted by atomic mass is 16.7. The van der Waals surface area contributed by atoms with Gasteiger partial charge in [-0.1, -0.05) is 0 Å². The molecule has 5 atom stereocenters. The number of aromatic hydroxyl groups is 2. The summed E-state index contributed by atoms with van der Waals surface area (Å²) in [5, 5.41) is 50.9. The Morgan fingerprint density at radius 2 is 1.72 bits per heavy atom. The third-order valence-corrected chi connectivity index (χ3v) is 5.62. The minimum Gasteiger partial charge on any atom is -0.508 e. The molecule has 3 aromatic rings. The molecule has 2 aromatic carbocycles. The lowest BCUT2D eigenvalue weighted by atomic mass is 9.99. The molecule has 4 rings (SSSR count). The summed E-state index contributed by atoms with van der Waals surface area (Å²) >= 11 is 0. The molecule has 0 radical (unpaired) electrons. The lowest BCUT2D eigenvalue weighted by molar-refractivity contribution is -0.278. The fourth-order valence-electron chi connectivity index (χ4n) is 3.75. The van der Waals surface area contributed by atoms with Gasteiger partial charge in [0, 0.05) is 24.6 Å². The summed E-state index contributed by atoms with van der Waals surface area (Å²) in [5.74, 6) is -1.61. The molecule has 1 aliphatic rings. The number of esters is 1. The number of rotatable bonds is 6. The molecule has 0 spiro atoms. The summed E-state index contributed by atoms with van der Waals surface area (Å²) in [7, 11) is 1.37. The van der Waals surface area contributed by atoms with E-state index in [1.807, 2.05) is 0 Å². The summed E-state index contributed by atoms with van der Waals surface area (Å²) in [6, 6.07) is 8.14. The Morgan fingerprint density at radius 3 is 2.36 bits per heavy atom. The van der Waals surface area contributed by atoms with Crippen molar-refractivity contribution in [2.24, 2.45) is 0 Å². The Morgan fingerprint density at radius 1 is 1.03 bits per heavy atom. The zero-order chi connectivity index (χ0) is 26.1. The summed E-state index contributed by atoms with van der Waals surface area (Å²) in [6.45, 7) is 0.679. The number of carbonyl (C=O) groups is 1. The molecule has 0 aliphatic carbocycles. The number of ether oxygens (including phenoxy) is 4. The lowest BCUT2D eigenvalue weighted by Crippen LogP contribution is -2.60. The van der Waals surface area contributed by atoms with Gasteiger partial charge in [0.1, 0.15) is 59.2 Å². The van der Waals surface area contributed by atoms with E-state index < -0.39 is 60.2 Å². The number of aliphatic hydroxyl groups is 3.